The van der Waals surface area contributed by atoms with Crippen LogP contribution < -0.4 is 9.64 Å². The Kier molecular flexibility index (Phi) is 6.32. The molecule has 0 aliphatic heterocycles. The van der Waals surface area contributed by atoms with Gasteiger partial charge in [0.05, 0.1) is 35.5 Å². The molecule has 0 fully saturated rings. The van der Waals surface area contributed by atoms with E-state index in [9.17, 15) is 4.79 Å². The molecule has 0 saturated heterocycles. The van der Waals surface area contributed by atoms with Gasteiger partial charge in [-0.1, -0.05) is 35.6 Å². The molecule has 1 amide bonds. The number of amides is 1. The molecule has 0 radical (unpaired) electrons. The quantitative estimate of drug-likeness (QED) is 0.400. The van der Waals surface area contributed by atoms with Gasteiger partial charge in [-0.3, -0.25) is 14.4 Å². The smallest absolute Gasteiger partial charge is 0.233 e. The first-order chi connectivity index (χ1) is 15.0. The van der Waals surface area contributed by atoms with Crippen LogP contribution in [0.1, 0.15) is 23.9 Å². The van der Waals surface area contributed by atoms with E-state index < -0.39 is 0 Å². The number of aryl methyl sites for hydroxylation is 2. The number of thiazole rings is 1. The number of anilines is 1. The summed E-state index contributed by atoms with van der Waals surface area (Å²) in [7, 11) is 0. The SMILES string of the molecule is CCOc1ccc(CC(=O)N(CCn2nc(C)cc2C)c2nc3ccccc3s2)cc1. The molecule has 0 spiro atoms. The second kappa shape index (κ2) is 9.31. The minimum atomic E-state index is 0.0183. The lowest BCUT2D eigenvalue weighted by atomic mass is 10.1. The van der Waals surface area contributed by atoms with Crippen molar-refractivity contribution in [2.75, 3.05) is 18.1 Å². The van der Waals surface area contributed by atoms with Crippen molar-refractivity contribution in [1.82, 2.24) is 14.8 Å². The first kappa shape index (κ1) is 21.1. The normalized spacial score (nSPS) is 11.1. The van der Waals surface area contributed by atoms with Crippen molar-refractivity contribution >= 4 is 32.6 Å². The van der Waals surface area contributed by atoms with Gasteiger partial charge in [0.15, 0.2) is 5.13 Å². The van der Waals surface area contributed by atoms with Gasteiger partial charge in [0.1, 0.15) is 5.75 Å². The molecule has 4 aromatic rings. The molecule has 7 heteroatoms. The van der Waals surface area contributed by atoms with E-state index in [4.69, 9.17) is 9.72 Å². The second-order valence-electron chi connectivity index (χ2n) is 7.41. The number of nitrogens with zero attached hydrogens (tertiary/aromatic N) is 4. The maximum absolute atomic E-state index is 13.3. The maximum atomic E-state index is 13.3. The molecular formula is C24H26N4O2S. The Bertz CT molecular complexity index is 1150. The topological polar surface area (TPSA) is 60.2 Å². The first-order valence-electron chi connectivity index (χ1n) is 10.4. The Balaban J connectivity index is 1.57. The molecule has 2 heterocycles. The molecule has 6 nitrogen and oxygen atoms in total. The fourth-order valence-electron chi connectivity index (χ4n) is 3.54. The highest BCUT2D eigenvalue weighted by Crippen LogP contribution is 2.29. The van der Waals surface area contributed by atoms with Crippen molar-refractivity contribution in [3.05, 3.63) is 71.5 Å². The van der Waals surface area contributed by atoms with E-state index in [-0.39, 0.29) is 5.91 Å². The molecule has 0 bridgehead atoms. The molecule has 31 heavy (non-hydrogen) atoms. The van der Waals surface area contributed by atoms with Crippen molar-refractivity contribution in [1.29, 1.82) is 0 Å². The van der Waals surface area contributed by atoms with Gasteiger partial charge in [-0.05, 0) is 56.7 Å². The predicted molar refractivity (Wildman–Crippen MR) is 125 cm³/mol. The van der Waals surface area contributed by atoms with Crippen LogP contribution in [0.4, 0.5) is 5.13 Å². The zero-order chi connectivity index (χ0) is 21.8. The summed E-state index contributed by atoms with van der Waals surface area (Å²) in [5.41, 5.74) is 3.92. The highest BCUT2D eigenvalue weighted by atomic mass is 32.1. The summed E-state index contributed by atoms with van der Waals surface area (Å²) in [5.74, 6) is 0.830. The lowest BCUT2D eigenvalue weighted by Gasteiger charge is -2.20. The molecule has 0 saturated carbocycles. The molecule has 4 rings (SSSR count). The zero-order valence-electron chi connectivity index (χ0n) is 18.0. The van der Waals surface area contributed by atoms with Crippen molar-refractivity contribution in [2.45, 2.75) is 33.7 Å². The van der Waals surface area contributed by atoms with E-state index in [1.807, 2.05) is 80.1 Å². The standard InChI is InChI=1S/C24H26N4O2S/c1-4-30-20-11-9-19(10-12-20)16-23(29)27(13-14-28-18(3)15-17(2)26-28)24-25-21-7-5-6-8-22(21)31-24/h5-12,15H,4,13-14,16H2,1-3H3. The molecule has 2 aromatic carbocycles. The van der Waals surface area contributed by atoms with Crippen LogP contribution >= 0.6 is 11.3 Å². The Morgan fingerprint density at radius 3 is 2.58 bits per heavy atom. The summed E-state index contributed by atoms with van der Waals surface area (Å²) in [6.07, 6.45) is 0.305. The summed E-state index contributed by atoms with van der Waals surface area (Å²) in [6, 6.07) is 17.7. The number of hydrogen-bond acceptors (Lipinski definition) is 5. The van der Waals surface area contributed by atoms with Crippen molar-refractivity contribution in [3.63, 3.8) is 0 Å². The van der Waals surface area contributed by atoms with Gasteiger partial charge in [-0.15, -0.1) is 0 Å². The minimum Gasteiger partial charge on any atom is -0.494 e. The van der Waals surface area contributed by atoms with Gasteiger partial charge < -0.3 is 4.74 Å². The fourth-order valence-corrected chi connectivity index (χ4v) is 4.55. The Labute approximate surface area is 186 Å². The number of aromatic nitrogens is 3. The van der Waals surface area contributed by atoms with Crippen LogP contribution in [0.2, 0.25) is 0 Å². The van der Waals surface area contributed by atoms with Crippen LogP contribution in [0, 0.1) is 13.8 Å². The van der Waals surface area contributed by atoms with E-state index in [2.05, 4.69) is 5.10 Å². The summed E-state index contributed by atoms with van der Waals surface area (Å²) >= 11 is 1.54. The highest BCUT2D eigenvalue weighted by Gasteiger charge is 2.20. The number of para-hydroxylation sites is 1. The van der Waals surface area contributed by atoms with Crippen molar-refractivity contribution in [3.8, 4) is 5.75 Å². The molecule has 0 aliphatic rings. The predicted octanol–water partition coefficient (Wildman–Crippen LogP) is 4.78. The van der Waals surface area contributed by atoms with Crippen LogP contribution in [0.3, 0.4) is 0 Å². The van der Waals surface area contributed by atoms with E-state index in [1.165, 1.54) is 0 Å². The average molecular weight is 435 g/mol. The summed E-state index contributed by atoms with van der Waals surface area (Å²) in [4.78, 5) is 19.9. The number of carbonyl (C=O) groups is 1. The van der Waals surface area contributed by atoms with Gasteiger partial charge in [0.25, 0.3) is 0 Å². The van der Waals surface area contributed by atoms with Crippen LogP contribution in [0.15, 0.2) is 54.6 Å². The summed E-state index contributed by atoms with van der Waals surface area (Å²) < 4.78 is 8.52. The molecule has 0 atom stereocenters. The van der Waals surface area contributed by atoms with Gasteiger partial charge >= 0.3 is 0 Å². The monoisotopic (exact) mass is 434 g/mol. The largest absolute Gasteiger partial charge is 0.494 e. The average Bonchev–Trinajstić information content (AvgIpc) is 3.32. The third kappa shape index (κ3) is 4.94. The summed E-state index contributed by atoms with van der Waals surface area (Å²) in [5, 5.41) is 5.26. The first-order valence-corrected chi connectivity index (χ1v) is 11.2. The van der Waals surface area contributed by atoms with E-state index in [0.717, 1.165) is 38.0 Å². The number of hydrogen-bond donors (Lipinski definition) is 0. The van der Waals surface area contributed by atoms with E-state index >= 15 is 0 Å². The van der Waals surface area contributed by atoms with Gasteiger partial charge in [0, 0.05) is 12.2 Å². The molecule has 2 aromatic heterocycles. The van der Waals surface area contributed by atoms with Gasteiger partial charge in [0.2, 0.25) is 5.91 Å². The van der Waals surface area contributed by atoms with Crippen molar-refractivity contribution < 1.29 is 9.53 Å². The lowest BCUT2D eigenvalue weighted by molar-refractivity contribution is -0.118. The molecule has 0 unspecified atom stereocenters. The summed E-state index contributed by atoms with van der Waals surface area (Å²) in [6.45, 7) is 7.71. The lowest BCUT2D eigenvalue weighted by Crippen LogP contribution is -2.35. The van der Waals surface area contributed by atoms with Gasteiger partial charge in [-0.2, -0.15) is 5.10 Å². The number of carbonyl (C=O) groups excluding carboxylic acids is 1. The molecule has 0 aliphatic carbocycles. The number of ether oxygens (including phenoxy) is 1. The third-order valence-electron chi connectivity index (χ3n) is 5.04. The number of benzene rings is 2. The zero-order valence-corrected chi connectivity index (χ0v) is 18.9. The molecular weight excluding hydrogens is 408 g/mol. The Hall–Kier alpha value is -3.19. The van der Waals surface area contributed by atoms with E-state index in [1.54, 1.807) is 16.2 Å². The van der Waals surface area contributed by atoms with Gasteiger partial charge in [-0.25, -0.2) is 4.98 Å². The van der Waals surface area contributed by atoms with Crippen LogP contribution in [-0.2, 0) is 17.8 Å². The van der Waals surface area contributed by atoms with Crippen molar-refractivity contribution in [2.24, 2.45) is 0 Å². The molecule has 0 N–H and O–H groups in total. The number of rotatable bonds is 8. The van der Waals surface area contributed by atoms with E-state index in [0.29, 0.717) is 26.1 Å². The molecule has 160 valence electrons. The Morgan fingerprint density at radius 1 is 1.13 bits per heavy atom. The van der Waals surface area contributed by atoms with Crippen LogP contribution in [0.5, 0.6) is 5.75 Å². The highest BCUT2D eigenvalue weighted by molar-refractivity contribution is 7.22. The third-order valence-corrected chi connectivity index (χ3v) is 6.10. The van der Waals surface area contributed by atoms with Crippen LogP contribution in [-0.4, -0.2) is 33.8 Å². The second-order valence-corrected chi connectivity index (χ2v) is 8.42. The Morgan fingerprint density at radius 2 is 1.90 bits per heavy atom. The van der Waals surface area contributed by atoms with Crippen LogP contribution in [0.25, 0.3) is 10.2 Å². The fraction of sp³-hybridized carbons (Fsp3) is 0.292. The number of fused-ring (bicyclic) bond motifs is 1. The minimum absolute atomic E-state index is 0.0183. The maximum Gasteiger partial charge on any atom is 0.233 e.